The molecule has 1 aromatic carbocycles. The van der Waals surface area contributed by atoms with Crippen LogP contribution in [-0.4, -0.2) is 18.8 Å². The maximum Gasteiger partial charge on any atom is 0.337 e. The first-order chi connectivity index (χ1) is 8.62. The second-order valence-corrected chi connectivity index (χ2v) is 3.84. The van der Waals surface area contributed by atoms with E-state index in [9.17, 15) is 4.79 Å². The summed E-state index contributed by atoms with van der Waals surface area (Å²) in [5, 5.41) is 20.6. The van der Waals surface area contributed by atoms with Crippen LogP contribution in [0.15, 0.2) is 27.8 Å². The molecule has 0 heterocycles. The van der Waals surface area contributed by atoms with E-state index in [-0.39, 0.29) is 5.71 Å². The lowest BCUT2D eigenvalue weighted by molar-refractivity contribution is 0.0601. The van der Waals surface area contributed by atoms with Gasteiger partial charge in [0.15, 0.2) is 0 Å². The van der Waals surface area contributed by atoms with E-state index >= 15 is 0 Å². The molecule has 7 heteroatoms. The molecule has 0 unspecified atom stereocenters. The Morgan fingerprint density at radius 1 is 1.44 bits per heavy atom. The third-order valence-electron chi connectivity index (χ3n) is 1.89. The molecule has 18 heavy (non-hydrogen) atoms. The summed E-state index contributed by atoms with van der Waals surface area (Å²) in [5.41, 5.74) is 2.98. The molecule has 90 valence electrons. The third kappa shape index (κ3) is 3.30. The highest BCUT2D eigenvalue weighted by atomic mass is 79.9. The van der Waals surface area contributed by atoms with Gasteiger partial charge in [-0.3, -0.25) is 5.43 Å². The second-order valence-electron chi connectivity index (χ2n) is 2.98. The first-order valence-electron chi connectivity index (χ1n) is 4.64. The van der Waals surface area contributed by atoms with Crippen molar-refractivity contribution < 1.29 is 9.53 Å². The van der Waals surface area contributed by atoms with Crippen molar-refractivity contribution >= 4 is 33.3 Å². The highest BCUT2D eigenvalue weighted by Crippen LogP contribution is 2.24. The van der Waals surface area contributed by atoms with E-state index in [0.29, 0.717) is 15.7 Å². The lowest BCUT2D eigenvalue weighted by atomic mass is 10.2. The Morgan fingerprint density at radius 2 is 2.11 bits per heavy atom. The van der Waals surface area contributed by atoms with Crippen molar-refractivity contribution in [3.05, 3.63) is 28.2 Å². The molecule has 0 aliphatic carbocycles. The number of halogens is 1. The molecule has 1 aromatic rings. The van der Waals surface area contributed by atoms with Crippen molar-refractivity contribution in [3.8, 4) is 12.1 Å². The maximum atomic E-state index is 11.3. The number of carbonyl (C=O) groups excluding carboxylic acids is 1. The first-order valence-corrected chi connectivity index (χ1v) is 5.43. The summed E-state index contributed by atoms with van der Waals surface area (Å²) in [5.74, 6) is -0.490. The van der Waals surface area contributed by atoms with E-state index in [1.54, 1.807) is 24.3 Å². The minimum atomic E-state index is -0.490. The van der Waals surface area contributed by atoms with Crippen LogP contribution in [0, 0.1) is 22.7 Å². The summed E-state index contributed by atoms with van der Waals surface area (Å²) in [4.78, 5) is 11.3. The highest BCUT2D eigenvalue weighted by Gasteiger charge is 2.08. The van der Waals surface area contributed by atoms with E-state index in [1.807, 2.05) is 0 Å². The fourth-order valence-electron chi connectivity index (χ4n) is 1.05. The van der Waals surface area contributed by atoms with Gasteiger partial charge in [0.05, 0.1) is 18.4 Å². The minimum absolute atomic E-state index is 0.314. The van der Waals surface area contributed by atoms with Crippen LogP contribution in [0.1, 0.15) is 10.4 Å². The fraction of sp³-hybridized carbons (Fsp3) is 0.0909. The first kappa shape index (κ1) is 13.7. The normalized spacial score (nSPS) is 8.67. The number of esters is 1. The van der Waals surface area contributed by atoms with Crippen molar-refractivity contribution in [2.24, 2.45) is 5.10 Å². The molecule has 0 saturated carbocycles. The Balaban J connectivity index is 3.03. The molecule has 0 aliphatic rings. The Bertz CT molecular complexity index is 568. The second kappa shape index (κ2) is 6.38. The van der Waals surface area contributed by atoms with Gasteiger partial charge in [0.1, 0.15) is 12.1 Å². The van der Waals surface area contributed by atoms with E-state index in [4.69, 9.17) is 10.5 Å². The zero-order chi connectivity index (χ0) is 13.5. The Kier molecular flexibility index (Phi) is 4.85. The Hall–Kier alpha value is -2.38. The van der Waals surface area contributed by atoms with Gasteiger partial charge in [-0.15, -0.1) is 0 Å². The van der Waals surface area contributed by atoms with Crippen LogP contribution >= 0.6 is 15.9 Å². The number of nitriles is 2. The molecule has 0 bridgehead atoms. The smallest absolute Gasteiger partial charge is 0.337 e. The number of methoxy groups -OCH3 is 1. The molecule has 6 nitrogen and oxygen atoms in total. The van der Waals surface area contributed by atoms with Crippen LogP contribution in [0.5, 0.6) is 0 Å². The number of hydrogen-bond acceptors (Lipinski definition) is 6. The number of ether oxygens (including phenoxy) is 1. The average Bonchev–Trinajstić information content (AvgIpc) is 2.40. The van der Waals surface area contributed by atoms with Gasteiger partial charge in [0.25, 0.3) is 0 Å². The number of nitrogens with zero attached hydrogens (tertiary/aromatic N) is 3. The summed E-state index contributed by atoms with van der Waals surface area (Å²) in [7, 11) is 1.28. The molecule has 1 rings (SSSR count). The van der Waals surface area contributed by atoms with Gasteiger partial charge in [0.2, 0.25) is 5.71 Å². The summed E-state index contributed by atoms with van der Waals surface area (Å²) < 4.78 is 5.21. The number of hydrogen-bond donors (Lipinski definition) is 1. The van der Waals surface area contributed by atoms with Gasteiger partial charge < -0.3 is 4.74 Å². The lowest BCUT2D eigenvalue weighted by Crippen LogP contribution is -2.03. The zero-order valence-corrected chi connectivity index (χ0v) is 10.9. The Labute approximate surface area is 112 Å². The van der Waals surface area contributed by atoms with Crippen LogP contribution in [0.4, 0.5) is 5.69 Å². The molecule has 0 atom stereocenters. The fourth-order valence-corrected chi connectivity index (χ4v) is 1.38. The van der Waals surface area contributed by atoms with Gasteiger partial charge >= 0.3 is 5.97 Å². The maximum absolute atomic E-state index is 11.3. The molecule has 0 aliphatic heterocycles. The van der Waals surface area contributed by atoms with Gasteiger partial charge in [-0.2, -0.15) is 15.6 Å². The van der Waals surface area contributed by atoms with Crippen molar-refractivity contribution in [1.82, 2.24) is 0 Å². The van der Waals surface area contributed by atoms with Crippen LogP contribution in [0.3, 0.4) is 0 Å². The number of anilines is 1. The third-order valence-corrected chi connectivity index (χ3v) is 2.58. The average molecular weight is 307 g/mol. The number of carbonyl (C=O) groups is 1. The monoisotopic (exact) mass is 306 g/mol. The predicted octanol–water partition coefficient (Wildman–Crippen LogP) is 2.05. The van der Waals surface area contributed by atoms with E-state index < -0.39 is 5.97 Å². The van der Waals surface area contributed by atoms with Crippen LogP contribution in [0.2, 0.25) is 0 Å². The zero-order valence-electron chi connectivity index (χ0n) is 9.27. The molecule has 0 spiro atoms. The van der Waals surface area contributed by atoms with Crippen molar-refractivity contribution in [2.75, 3.05) is 12.5 Å². The largest absolute Gasteiger partial charge is 0.465 e. The summed E-state index contributed by atoms with van der Waals surface area (Å²) in [6.45, 7) is 0. The quantitative estimate of drug-likeness (QED) is 0.523. The van der Waals surface area contributed by atoms with Gasteiger partial charge in [-0.05, 0) is 34.1 Å². The predicted molar refractivity (Wildman–Crippen MR) is 67.8 cm³/mol. The van der Waals surface area contributed by atoms with Crippen LogP contribution in [0.25, 0.3) is 0 Å². The van der Waals surface area contributed by atoms with Crippen molar-refractivity contribution in [1.29, 1.82) is 10.5 Å². The SMILES string of the molecule is COC(=O)c1ccc(Br)c(NN=C(C#N)C#N)c1. The van der Waals surface area contributed by atoms with Crippen LogP contribution in [-0.2, 0) is 4.74 Å². The molecule has 0 aromatic heterocycles. The van der Waals surface area contributed by atoms with Crippen molar-refractivity contribution in [2.45, 2.75) is 0 Å². The highest BCUT2D eigenvalue weighted by molar-refractivity contribution is 9.10. The topological polar surface area (TPSA) is 98.3 Å². The van der Waals surface area contributed by atoms with E-state index in [1.165, 1.54) is 13.2 Å². The van der Waals surface area contributed by atoms with Gasteiger partial charge in [0, 0.05) is 4.47 Å². The number of hydrazone groups is 1. The number of benzene rings is 1. The van der Waals surface area contributed by atoms with E-state index in [2.05, 4.69) is 31.2 Å². The lowest BCUT2D eigenvalue weighted by Gasteiger charge is -2.05. The molecular formula is C11H7BrN4O2. The molecule has 0 saturated heterocycles. The standard InChI is InChI=1S/C11H7BrN4O2/c1-18-11(17)7-2-3-9(12)10(4-7)16-15-8(5-13)6-14/h2-4,16H,1H3. The molecular weight excluding hydrogens is 300 g/mol. The van der Waals surface area contributed by atoms with Gasteiger partial charge in [-0.25, -0.2) is 4.79 Å². The molecule has 0 amide bonds. The number of nitrogens with one attached hydrogen (secondary N) is 1. The minimum Gasteiger partial charge on any atom is -0.465 e. The summed E-state index contributed by atoms with van der Waals surface area (Å²) in [6, 6.07) is 7.91. The van der Waals surface area contributed by atoms with Gasteiger partial charge in [-0.1, -0.05) is 0 Å². The van der Waals surface area contributed by atoms with E-state index in [0.717, 1.165) is 0 Å². The molecule has 1 N–H and O–H groups in total. The summed E-state index contributed by atoms with van der Waals surface area (Å²) >= 11 is 3.25. The Morgan fingerprint density at radius 3 is 2.67 bits per heavy atom. The van der Waals surface area contributed by atoms with Crippen molar-refractivity contribution in [3.63, 3.8) is 0 Å². The van der Waals surface area contributed by atoms with Crippen LogP contribution < -0.4 is 5.43 Å². The molecule has 0 fully saturated rings. The molecule has 0 radical (unpaired) electrons. The summed E-state index contributed by atoms with van der Waals surface area (Å²) in [6.07, 6.45) is 0. The number of rotatable bonds is 3.